The molecule has 2 atom stereocenters. The van der Waals surface area contributed by atoms with Gasteiger partial charge in [-0.15, -0.1) is 11.3 Å². The Morgan fingerprint density at radius 3 is 2.85 bits per heavy atom. The molecule has 1 amide bonds. The van der Waals surface area contributed by atoms with Crippen LogP contribution in [0, 0.1) is 6.92 Å². The van der Waals surface area contributed by atoms with Crippen LogP contribution in [-0.4, -0.2) is 29.0 Å². The number of hydrogen-bond acceptors (Lipinski definition) is 4. The van der Waals surface area contributed by atoms with Gasteiger partial charge in [-0.25, -0.2) is 4.98 Å². The molecule has 1 aromatic heterocycles. The molecule has 0 spiro atoms. The minimum Gasteiger partial charge on any atom is -0.353 e. The van der Waals surface area contributed by atoms with Gasteiger partial charge >= 0.3 is 0 Å². The lowest BCUT2D eigenvalue weighted by Gasteiger charge is -2.29. The van der Waals surface area contributed by atoms with Gasteiger partial charge in [0.1, 0.15) is 0 Å². The standard InChI is InChI=1S/C15H23N3OS/c1-10-16-13(9-20-10)3-2-4-15(19)18-14-7-11-5-6-12(8-14)17-11/h9,11-12,14,17H,2-8H2,1H3,(H,18,19). The molecule has 3 heterocycles. The zero-order valence-electron chi connectivity index (χ0n) is 12.0. The first-order valence-electron chi connectivity index (χ1n) is 7.65. The molecule has 2 saturated heterocycles. The Labute approximate surface area is 124 Å². The highest BCUT2D eigenvalue weighted by molar-refractivity contribution is 7.09. The number of fused-ring (bicyclic) bond motifs is 2. The second kappa shape index (κ2) is 6.22. The van der Waals surface area contributed by atoms with Crippen molar-refractivity contribution < 1.29 is 4.79 Å². The van der Waals surface area contributed by atoms with Crippen molar-refractivity contribution in [2.24, 2.45) is 0 Å². The highest BCUT2D eigenvalue weighted by Crippen LogP contribution is 2.26. The first-order valence-corrected chi connectivity index (χ1v) is 8.53. The van der Waals surface area contributed by atoms with Gasteiger partial charge in [-0.05, 0) is 45.4 Å². The first kappa shape index (κ1) is 14.0. The lowest BCUT2D eigenvalue weighted by molar-refractivity contribution is -0.122. The smallest absolute Gasteiger partial charge is 0.220 e. The molecule has 1 aromatic rings. The van der Waals surface area contributed by atoms with Crippen LogP contribution in [0.4, 0.5) is 0 Å². The molecule has 2 bridgehead atoms. The van der Waals surface area contributed by atoms with Gasteiger partial charge in [0.05, 0.1) is 10.7 Å². The molecule has 5 heteroatoms. The minimum atomic E-state index is 0.211. The maximum absolute atomic E-state index is 12.0. The van der Waals surface area contributed by atoms with Gasteiger partial charge in [-0.2, -0.15) is 0 Å². The van der Waals surface area contributed by atoms with Crippen molar-refractivity contribution in [1.82, 2.24) is 15.6 Å². The molecule has 2 aliphatic heterocycles. The molecule has 2 fully saturated rings. The largest absolute Gasteiger partial charge is 0.353 e. The monoisotopic (exact) mass is 293 g/mol. The number of aromatic nitrogens is 1. The van der Waals surface area contributed by atoms with Crippen LogP contribution in [0.15, 0.2) is 5.38 Å². The molecule has 0 radical (unpaired) electrons. The second-order valence-electron chi connectivity index (χ2n) is 6.09. The van der Waals surface area contributed by atoms with Gasteiger partial charge in [-0.3, -0.25) is 4.79 Å². The van der Waals surface area contributed by atoms with Crippen molar-refractivity contribution in [3.05, 3.63) is 16.1 Å². The fourth-order valence-electron chi connectivity index (χ4n) is 3.43. The number of nitrogens with one attached hydrogen (secondary N) is 2. The number of piperidine rings is 1. The summed E-state index contributed by atoms with van der Waals surface area (Å²) in [6.45, 7) is 2.02. The number of carbonyl (C=O) groups excluding carboxylic acids is 1. The van der Waals surface area contributed by atoms with Gasteiger partial charge in [0.25, 0.3) is 0 Å². The first-order chi connectivity index (χ1) is 9.69. The molecular weight excluding hydrogens is 270 g/mol. The van der Waals surface area contributed by atoms with Crippen LogP contribution in [0.1, 0.15) is 49.2 Å². The van der Waals surface area contributed by atoms with Gasteiger partial charge in [0.15, 0.2) is 0 Å². The number of carbonyl (C=O) groups is 1. The van der Waals surface area contributed by atoms with Crippen molar-refractivity contribution in [3.63, 3.8) is 0 Å². The quantitative estimate of drug-likeness (QED) is 0.875. The van der Waals surface area contributed by atoms with E-state index < -0.39 is 0 Å². The number of hydrogen-bond donors (Lipinski definition) is 2. The van der Waals surface area contributed by atoms with E-state index in [0.717, 1.165) is 36.4 Å². The Hall–Kier alpha value is -0.940. The number of rotatable bonds is 5. The van der Waals surface area contributed by atoms with Crippen LogP contribution >= 0.6 is 11.3 Å². The third-order valence-electron chi connectivity index (χ3n) is 4.34. The molecule has 2 aliphatic rings. The number of thiazole rings is 1. The summed E-state index contributed by atoms with van der Waals surface area (Å²) in [4.78, 5) is 16.4. The average molecular weight is 293 g/mol. The van der Waals surface area contributed by atoms with Crippen molar-refractivity contribution in [3.8, 4) is 0 Å². The molecule has 20 heavy (non-hydrogen) atoms. The van der Waals surface area contributed by atoms with Crippen molar-refractivity contribution in [2.45, 2.75) is 70.0 Å². The predicted octanol–water partition coefficient (Wildman–Crippen LogP) is 2.17. The second-order valence-corrected chi connectivity index (χ2v) is 7.15. The Bertz CT molecular complexity index is 461. The van der Waals surface area contributed by atoms with Crippen LogP contribution < -0.4 is 10.6 Å². The van der Waals surface area contributed by atoms with Gasteiger partial charge in [-0.1, -0.05) is 0 Å². The fraction of sp³-hybridized carbons (Fsp3) is 0.733. The Balaban J connectivity index is 1.37. The molecule has 3 rings (SSSR count). The van der Waals surface area contributed by atoms with Crippen LogP contribution in [0.5, 0.6) is 0 Å². The van der Waals surface area contributed by atoms with E-state index >= 15 is 0 Å². The van der Waals surface area contributed by atoms with E-state index in [1.54, 1.807) is 11.3 Å². The van der Waals surface area contributed by atoms with Crippen LogP contribution in [-0.2, 0) is 11.2 Å². The van der Waals surface area contributed by atoms with E-state index in [9.17, 15) is 4.79 Å². The summed E-state index contributed by atoms with van der Waals surface area (Å²) in [5, 5.41) is 10.0. The summed E-state index contributed by atoms with van der Waals surface area (Å²) >= 11 is 1.68. The highest BCUT2D eigenvalue weighted by atomic mass is 32.1. The Morgan fingerprint density at radius 1 is 1.45 bits per heavy atom. The summed E-state index contributed by atoms with van der Waals surface area (Å²) in [6, 6.07) is 1.66. The summed E-state index contributed by atoms with van der Waals surface area (Å²) < 4.78 is 0. The van der Waals surface area contributed by atoms with Crippen molar-refractivity contribution in [1.29, 1.82) is 0 Å². The summed E-state index contributed by atoms with van der Waals surface area (Å²) in [7, 11) is 0. The number of aryl methyl sites for hydroxylation is 2. The lowest BCUT2D eigenvalue weighted by Crippen LogP contribution is -2.48. The minimum absolute atomic E-state index is 0.211. The maximum Gasteiger partial charge on any atom is 0.220 e. The Morgan fingerprint density at radius 2 is 2.20 bits per heavy atom. The zero-order valence-corrected chi connectivity index (χ0v) is 12.8. The SMILES string of the molecule is Cc1nc(CCCC(=O)NC2CC3CCC(C2)N3)cs1. The molecule has 2 N–H and O–H groups in total. The van der Waals surface area contributed by atoms with Crippen LogP contribution in [0.25, 0.3) is 0 Å². The van der Waals surface area contributed by atoms with E-state index in [1.165, 1.54) is 12.8 Å². The van der Waals surface area contributed by atoms with E-state index in [0.29, 0.717) is 24.5 Å². The molecular formula is C15H23N3OS. The molecule has 4 nitrogen and oxygen atoms in total. The maximum atomic E-state index is 12.0. The third-order valence-corrected chi connectivity index (χ3v) is 5.16. The van der Waals surface area contributed by atoms with E-state index in [1.807, 2.05) is 6.92 Å². The van der Waals surface area contributed by atoms with E-state index in [2.05, 4.69) is 21.0 Å². The van der Waals surface area contributed by atoms with Crippen molar-refractivity contribution in [2.75, 3.05) is 0 Å². The Kier molecular flexibility index (Phi) is 4.36. The summed E-state index contributed by atoms with van der Waals surface area (Å²) in [5.74, 6) is 0.211. The topological polar surface area (TPSA) is 54.0 Å². The fourth-order valence-corrected chi connectivity index (χ4v) is 4.08. The van der Waals surface area contributed by atoms with E-state index in [4.69, 9.17) is 0 Å². The molecule has 0 aliphatic carbocycles. The highest BCUT2D eigenvalue weighted by Gasteiger charge is 2.33. The van der Waals surface area contributed by atoms with Crippen LogP contribution in [0.2, 0.25) is 0 Å². The molecule has 2 unspecified atom stereocenters. The predicted molar refractivity (Wildman–Crippen MR) is 80.9 cm³/mol. The van der Waals surface area contributed by atoms with Gasteiger partial charge < -0.3 is 10.6 Å². The van der Waals surface area contributed by atoms with Crippen LogP contribution in [0.3, 0.4) is 0 Å². The van der Waals surface area contributed by atoms with E-state index in [-0.39, 0.29) is 5.91 Å². The third kappa shape index (κ3) is 3.58. The number of amides is 1. The zero-order chi connectivity index (χ0) is 13.9. The summed E-state index contributed by atoms with van der Waals surface area (Å²) in [5.41, 5.74) is 1.13. The van der Waals surface area contributed by atoms with Gasteiger partial charge in [0.2, 0.25) is 5.91 Å². The van der Waals surface area contributed by atoms with Gasteiger partial charge in [0, 0.05) is 29.9 Å². The van der Waals surface area contributed by atoms with Crippen molar-refractivity contribution >= 4 is 17.2 Å². The normalized spacial score (nSPS) is 28.6. The molecule has 0 aromatic carbocycles. The number of nitrogens with zero attached hydrogens (tertiary/aromatic N) is 1. The summed E-state index contributed by atoms with van der Waals surface area (Å²) in [6.07, 6.45) is 7.19. The molecule has 110 valence electrons. The lowest BCUT2D eigenvalue weighted by atomic mass is 9.99. The molecule has 0 saturated carbocycles. The average Bonchev–Trinajstić information content (AvgIpc) is 2.96.